The fraction of sp³-hybridized carbons (Fsp3) is 0.600. The van der Waals surface area contributed by atoms with Crippen molar-refractivity contribution in [3.63, 3.8) is 0 Å². The second-order valence-electron chi connectivity index (χ2n) is 7.46. The number of carbonyl (C=O) groups excluding carboxylic acids is 2. The molecule has 1 aromatic rings. The summed E-state index contributed by atoms with van der Waals surface area (Å²) in [5.41, 5.74) is 1.24. The number of unbranched alkanes of at least 4 members (excludes halogenated alkanes) is 1. The van der Waals surface area contributed by atoms with Crippen LogP contribution in [0.1, 0.15) is 50.9 Å². The minimum atomic E-state index is -0.483. The highest BCUT2D eigenvalue weighted by atomic mass is 32.2. The Labute approximate surface area is 161 Å². The van der Waals surface area contributed by atoms with E-state index in [1.807, 2.05) is 39.0 Å². The topological polar surface area (TPSA) is 49.9 Å². The highest BCUT2D eigenvalue weighted by Gasteiger charge is 2.27. The summed E-state index contributed by atoms with van der Waals surface area (Å²) in [6.07, 6.45) is 2.98. The third-order valence-electron chi connectivity index (χ3n) is 4.19. The molecule has 26 heavy (non-hydrogen) atoms. The van der Waals surface area contributed by atoms with Crippen molar-refractivity contribution in [3.8, 4) is 0 Å². The van der Waals surface area contributed by atoms with Crippen LogP contribution in [0.15, 0.2) is 23.1 Å². The van der Waals surface area contributed by atoms with Gasteiger partial charge in [0.05, 0.1) is 5.56 Å². The lowest BCUT2D eigenvalue weighted by atomic mass is 10.1. The number of hydrogen-bond donors (Lipinski definition) is 0. The zero-order valence-corrected chi connectivity index (χ0v) is 17.1. The highest BCUT2D eigenvalue weighted by molar-refractivity contribution is 7.99. The normalized spacial score (nSPS) is 15.1. The molecular weight excluding hydrogens is 348 g/mol. The first-order valence-corrected chi connectivity index (χ1v) is 10.3. The average molecular weight is 379 g/mol. The van der Waals surface area contributed by atoms with Gasteiger partial charge in [-0.3, -0.25) is 4.79 Å². The molecule has 0 unspecified atom stereocenters. The van der Waals surface area contributed by atoms with Crippen LogP contribution in [-0.4, -0.2) is 54.8 Å². The van der Waals surface area contributed by atoms with E-state index in [1.54, 1.807) is 16.7 Å². The molecule has 144 valence electrons. The molecule has 1 aliphatic heterocycles. The van der Waals surface area contributed by atoms with Crippen LogP contribution in [-0.2, 0) is 4.74 Å². The number of carbonyl (C=O) groups is 2. The Kier molecular flexibility index (Phi) is 7.38. The van der Waals surface area contributed by atoms with Gasteiger partial charge in [0.1, 0.15) is 5.60 Å². The minimum Gasteiger partial charge on any atom is -0.444 e. The number of nitrogens with zero attached hydrogens (tertiary/aromatic N) is 2. The van der Waals surface area contributed by atoms with Gasteiger partial charge in [-0.15, -0.1) is 11.8 Å². The third kappa shape index (κ3) is 5.66. The van der Waals surface area contributed by atoms with E-state index < -0.39 is 5.60 Å². The first-order valence-electron chi connectivity index (χ1n) is 9.29. The molecule has 0 aromatic heterocycles. The SMILES string of the molecule is CCCCSc1cccc(N2CCN(C(=O)OC(C)(C)C)CC2)c1C=O. The number of aldehydes is 1. The van der Waals surface area contributed by atoms with Gasteiger partial charge < -0.3 is 14.5 Å². The van der Waals surface area contributed by atoms with Gasteiger partial charge in [0.2, 0.25) is 0 Å². The van der Waals surface area contributed by atoms with Gasteiger partial charge in [-0.2, -0.15) is 0 Å². The van der Waals surface area contributed by atoms with Gasteiger partial charge in [-0.1, -0.05) is 19.4 Å². The number of anilines is 1. The number of amides is 1. The molecule has 0 spiro atoms. The number of ether oxygens (including phenoxy) is 1. The summed E-state index contributed by atoms with van der Waals surface area (Å²) >= 11 is 1.74. The molecule has 5 nitrogen and oxygen atoms in total. The van der Waals surface area contributed by atoms with Crippen LogP contribution in [0.5, 0.6) is 0 Å². The second-order valence-corrected chi connectivity index (χ2v) is 8.60. The number of piperazine rings is 1. The molecule has 0 aliphatic carbocycles. The van der Waals surface area contributed by atoms with E-state index in [0.29, 0.717) is 26.2 Å². The number of benzene rings is 1. The van der Waals surface area contributed by atoms with E-state index in [4.69, 9.17) is 4.74 Å². The highest BCUT2D eigenvalue weighted by Crippen LogP contribution is 2.31. The molecule has 6 heteroatoms. The molecular formula is C20H30N2O3S. The van der Waals surface area contributed by atoms with Crippen molar-refractivity contribution < 1.29 is 14.3 Å². The quantitative estimate of drug-likeness (QED) is 0.416. The van der Waals surface area contributed by atoms with E-state index in [9.17, 15) is 9.59 Å². The third-order valence-corrected chi connectivity index (χ3v) is 5.35. The van der Waals surface area contributed by atoms with Crippen LogP contribution in [0.4, 0.5) is 10.5 Å². The van der Waals surface area contributed by atoms with Gasteiger partial charge in [-0.25, -0.2) is 4.79 Å². The van der Waals surface area contributed by atoms with Gasteiger partial charge in [0.15, 0.2) is 6.29 Å². The summed E-state index contributed by atoms with van der Waals surface area (Å²) in [7, 11) is 0. The van der Waals surface area contributed by atoms with E-state index in [-0.39, 0.29) is 6.09 Å². The Balaban J connectivity index is 2.03. The molecule has 1 aromatic carbocycles. The molecule has 2 rings (SSSR count). The van der Waals surface area contributed by atoms with Crippen molar-refractivity contribution in [1.82, 2.24) is 4.90 Å². The molecule has 1 saturated heterocycles. The lowest BCUT2D eigenvalue weighted by molar-refractivity contribution is 0.0240. The summed E-state index contributed by atoms with van der Waals surface area (Å²) in [5, 5.41) is 0. The maximum absolute atomic E-state index is 12.2. The maximum atomic E-state index is 12.2. The largest absolute Gasteiger partial charge is 0.444 e. The summed E-state index contributed by atoms with van der Waals surface area (Å²) in [6, 6.07) is 6.03. The molecule has 0 saturated carbocycles. The molecule has 1 heterocycles. The Bertz CT molecular complexity index is 620. The van der Waals surface area contributed by atoms with Crippen molar-refractivity contribution in [2.24, 2.45) is 0 Å². The van der Waals surface area contributed by atoms with E-state index in [0.717, 1.165) is 41.0 Å². The number of thioether (sulfide) groups is 1. The zero-order valence-electron chi connectivity index (χ0n) is 16.3. The standard InChI is InChI=1S/C20H30N2O3S/c1-5-6-14-26-18-9-7-8-17(16(18)15-23)21-10-12-22(13-11-21)19(24)25-20(2,3)4/h7-9,15H,5-6,10-14H2,1-4H3. The fourth-order valence-corrected chi connectivity index (χ4v) is 3.97. The smallest absolute Gasteiger partial charge is 0.410 e. The van der Waals surface area contributed by atoms with Crippen LogP contribution in [0.25, 0.3) is 0 Å². The van der Waals surface area contributed by atoms with Gasteiger partial charge in [0.25, 0.3) is 0 Å². The monoisotopic (exact) mass is 378 g/mol. The molecule has 0 radical (unpaired) electrons. The van der Waals surface area contributed by atoms with Gasteiger partial charge in [0, 0.05) is 36.8 Å². The van der Waals surface area contributed by atoms with Gasteiger partial charge in [-0.05, 0) is 45.1 Å². The van der Waals surface area contributed by atoms with Crippen molar-refractivity contribution in [2.75, 3.05) is 36.8 Å². The lowest BCUT2D eigenvalue weighted by Crippen LogP contribution is -2.50. The Morgan fingerprint density at radius 1 is 1.23 bits per heavy atom. The van der Waals surface area contributed by atoms with Crippen LogP contribution in [0.2, 0.25) is 0 Å². The fourth-order valence-electron chi connectivity index (χ4n) is 2.84. The molecule has 0 N–H and O–H groups in total. The van der Waals surface area contributed by atoms with Crippen LogP contribution in [0, 0.1) is 0 Å². The summed E-state index contributed by atoms with van der Waals surface area (Å²) in [6.45, 7) is 10.4. The predicted octanol–water partition coefficient (Wildman–Crippen LogP) is 4.45. The second kappa shape index (κ2) is 9.31. The number of hydrogen-bond acceptors (Lipinski definition) is 5. The van der Waals surface area contributed by atoms with Crippen molar-refractivity contribution in [2.45, 2.75) is 51.0 Å². The predicted molar refractivity (Wildman–Crippen MR) is 107 cm³/mol. The van der Waals surface area contributed by atoms with Crippen molar-refractivity contribution in [1.29, 1.82) is 0 Å². The molecule has 1 fully saturated rings. The summed E-state index contributed by atoms with van der Waals surface area (Å²) < 4.78 is 5.45. The molecule has 1 aliphatic rings. The number of rotatable bonds is 6. The van der Waals surface area contributed by atoms with Crippen LogP contribution >= 0.6 is 11.8 Å². The summed E-state index contributed by atoms with van der Waals surface area (Å²) in [4.78, 5) is 28.9. The van der Waals surface area contributed by atoms with Crippen LogP contribution < -0.4 is 4.90 Å². The first kappa shape index (κ1) is 20.6. The Morgan fingerprint density at radius 2 is 1.92 bits per heavy atom. The molecule has 0 atom stereocenters. The van der Waals surface area contributed by atoms with Gasteiger partial charge >= 0.3 is 6.09 Å². The van der Waals surface area contributed by atoms with Crippen molar-refractivity contribution in [3.05, 3.63) is 23.8 Å². The van der Waals surface area contributed by atoms with E-state index in [2.05, 4.69) is 11.8 Å². The average Bonchev–Trinajstić information content (AvgIpc) is 2.60. The molecule has 1 amide bonds. The van der Waals surface area contributed by atoms with E-state index >= 15 is 0 Å². The first-order chi connectivity index (χ1) is 12.4. The molecule has 0 bridgehead atoms. The van der Waals surface area contributed by atoms with Crippen LogP contribution in [0.3, 0.4) is 0 Å². The lowest BCUT2D eigenvalue weighted by Gasteiger charge is -2.37. The Morgan fingerprint density at radius 3 is 2.50 bits per heavy atom. The minimum absolute atomic E-state index is 0.267. The van der Waals surface area contributed by atoms with Crippen molar-refractivity contribution >= 4 is 29.8 Å². The summed E-state index contributed by atoms with van der Waals surface area (Å²) in [5.74, 6) is 1.02. The maximum Gasteiger partial charge on any atom is 0.410 e. The zero-order chi connectivity index (χ0) is 19.2. The van der Waals surface area contributed by atoms with E-state index in [1.165, 1.54) is 0 Å². The Hall–Kier alpha value is -1.69.